The molecule has 3 nitrogen and oxygen atoms in total. The topological polar surface area (TPSA) is 46.5 Å². The monoisotopic (exact) mass is 234 g/mol. The number of hydrogen-bond donors (Lipinski definition) is 1. The van der Waals surface area contributed by atoms with E-state index in [0.717, 1.165) is 11.1 Å². The molecule has 2 rings (SSSR count). The van der Waals surface area contributed by atoms with Gasteiger partial charge in [0.15, 0.2) is 0 Å². The fraction of sp³-hybridized carbons (Fsp3) is 0.500. The smallest absolute Gasteiger partial charge is 0.310 e. The van der Waals surface area contributed by atoms with Crippen LogP contribution < -0.4 is 0 Å². The lowest BCUT2D eigenvalue weighted by atomic mass is 9.85. The van der Waals surface area contributed by atoms with Crippen LogP contribution in [0.25, 0.3) is 0 Å². The summed E-state index contributed by atoms with van der Waals surface area (Å²) in [5.74, 6) is -0.731. The summed E-state index contributed by atoms with van der Waals surface area (Å²) in [6, 6.07) is 5.97. The van der Waals surface area contributed by atoms with Crippen LogP contribution >= 0.6 is 0 Å². The van der Waals surface area contributed by atoms with Crippen molar-refractivity contribution in [2.75, 3.05) is 13.2 Å². The van der Waals surface area contributed by atoms with Crippen molar-refractivity contribution < 1.29 is 14.6 Å². The second-order valence-electron chi connectivity index (χ2n) is 4.89. The van der Waals surface area contributed by atoms with Crippen LogP contribution in [-0.2, 0) is 9.53 Å². The fourth-order valence-corrected chi connectivity index (χ4v) is 2.33. The Morgan fingerprint density at radius 1 is 1.47 bits per heavy atom. The summed E-state index contributed by atoms with van der Waals surface area (Å²) in [4.78, 5) is 11.4. The molecule has 0 spiro atoms. The molecule has 0 saturated carbocycles. The summed E-state index contributed by atoms with van der Waals surface area (Å²) >= 11 is 0. The van der Waals surface area contributed by atoms with Gasteiger partial charge in [0.25, 0.3) is 0 Å². The highest BCUT2D eigenvalue weighted by atomic mass is 16.5. The van der Waals surface area contributed by atoms with Crippen LogP contribution in [0.2, 0.25) is 0 Å². The van der Waals surface area contributed by atoms with Crippen LogP contribution in [0, 0.1) is 19.8 Å². The van der Waals surface area contributed by atoms with Gasteiger partial charge in [0.2, 0.25) is 0 Å². The molecule has 1 unspecified atom stereocenters. The first kappa shape index (κ1) is 12.1. The Bertz CT molecular complexity index is 421. The minimum Gasteiger partial charge on any atom is -0.481 e. The first-order valence-corrected chi connectivity index (χ1v) is 5.95. The number of carboxylic acids is 1. The Kier molecular flexibility index (Phi) is 3.48. The second kappa shape index (κ2) is 4.88. The average Bonchev–Trinajstić information content (AvgIpc) is 2.18. The summed E-state index contributed by atoms with van der Waals surface area (Å²) in [7, 11) is 0. The van der Waals surface area contributed by atoms with E-state index >= 15 is 0 Å². The van der Waals surface area contributed by atoms with Gasteiger partial charge in [-0.3, -0.25) is 4.79 Å². The van der Waals surface area contributed by atoms with Gasteiger partial charge in [0.1, 0.15) is 0 Å². The summed E-state index contributed by atoms with van der Waals surface area (Å²) in [5.41, 5.74) is 3.18. The number of rotatable bonds is 4. The molecule has 0 amide bonds. The van der Waals surface area contributed by atoms with Gasteiger partial charge in [-0.25, -0.2) is 0 Å². The zero-order chi connectivity index (χ0) is 12.4. The van der Waals surface area contributed by atoms with E-state index < -0.39 is 11.9 Å². The Hall–Kier alpha value is -1.35. The number of aryl methyl sites for hydroxylation is 2. The minimum absolute atomic E-state index is 0.399. The maximum Gasteiger partial charge on any atom is 0.310 e. The van der Waals surface area contributed by atoms with E-state index in [-0.39, 0.29) is 0 Å². The van der Waals surface area contributed by atoms with E-state index in [4.69, 9.17) is 4.74 Å². The molecule has 1 aromatic rings. The third-order valence-corrected chi connectivity index (χ3v) is 3.37. The highest BCUT2D eigenvalue weighted by Crippen LogP contribution is 2.30. The van der Waals surface area contributed by atoms with Crippen LogP contribution in [-0.4, -0.2) is 24.3 Å². The second-order valence-corrected chi connectivity index (χ2v) is 4.89. The molecule has 1 fully saturated rings. The van der Waals surface area contributed by atoms with Gasteiger partial charge in [-0.15, -0.1) is 0 Å². The Morgan fingerprint density at radius 2 is 2.18 bits per heavy atom. The molecule has 0 radical (unpaired) electrons. The summed E-state index contributed by atoms with van der Waals surface area (Å²) < 4.78 is 5.11. The average molecular weight is 234 g/mol. The van der Waals surface area contributed by atoms with Gasteiger partial charge < -0.3 is 9.84 Å². The molecule has 0 aliphatic carbocycles. The summed E-state index contributed by atoms with van der Waals surface area (Å²) in [6.45, 7) is 5.41. The van der Waals surface area contributed by atoms with Gasteiger partial charge in [-0.2, -0.15) is 0 Å². The van der Waals surface area contributed by atoms with Crippen LogP contribution in [0.3, 0.4) is 0 Å². The van der Waals surface area contributed by atoms with Gasteiger partial charge in [-0.1, -0.05) is 23.8 Å². The third-order valence-electron chi connectivity index (χ3n) is 3.37. The number of carboxylic acid groups (broad SMARTS) is 1. The maximum absolute atomic E-state index is 11.4. The SMILES string of the molecule is Cc1ccc(C(CC2COC2)C(=O)O)c(C)c1. The van der Waals surface area contributed by atoms with Crippen molar-refractivity contribution in [2.24, 2.45) is 5.92 Å². The van der Waals surface area contributed by atoms with E-state index in [1.54, 1.807) is 0 Å². The molecule has 1 aliphatic heterocycles. The minimum atomic E-state index is -0.733. The first-order valence-electron chi connectivity index (χ1n) is 5.95. The van der Waals surface area contributed by atoms with Crippen molar-refractivity contribution in [3.8, 4) is 0 Å². The normalized spacial score (nSPS) is 17.5. The first-order chi connectivity index (χ1) is 8.08. The molecule has 0 bridgehead atoms. The third kappa shape index (κ3) is 2.67. The van der Waals surface area contributed by atoms with E-state index in [2.05, 4.69) is 0 Å². The van der Waals surface area contributed by atoms with Crippen molar-refractivity contribution in [2.45, 2.75) is 26.2 Å². The highest BCUT2D eigenvalue weighted by Gasteiger charge is 2.29. The predicted molar refractivity (Wildman–Crippen MR) is 65.2 cm³/mol. The van der Waals surface area contributed by atoms with Crippen LogP contribution in [0.5, 0.6) is 0 Å². The van der Waals surface area contributed by atoms with E-state index in [1.165, 1.54) is 5.56 Å². The van der Waals surface area contributed by atoms with E-state index in [1.807, 2.05) is 32.0 Å². The number of ether oxygens (including phenoxy) is 1. The lowest BCUT2D eigenvalue weighted by molar-refractivity contribution is -0.140. The number of carbonyl (C=O) groups is 1. The van der Waals surface area contributed by atoms with Crippen molar-refractivity contribution >= 4 is 5.97 Å². The van der Waals surface area contributed by atoms with Crippen molar-refractivity contribution in [3.05, 3.63) is 34.9 Å². The lowest BCUT2D eigenvalue weighted by Gasteiger charge is -2.29. The van der Waals surface area contributed by atoms with Gasteiger partial charge in [0, 0.05) is 5.92 Å². The maximum atomic E-state index is 11.4. The Morgan fingerprint density at radius 3 is 2.65 bits per heavy atom. The van der Waals surface area contributed by atoms with Crippen LogP contribution in [0.1, 0.15) is 29.0 Å². The molecular weight excluding hydrogens is 216 g/mol. The van der Waals surface area contributed by atoms with E-state index in [0.29, 0.717) is 25.6 Å². The van der Waals surface area contributed by atoms with Crippen molar-refractivity contribution in [1.82, 2.24) is 0 Å². The molecular formula is C14H18O3. The van der Waals surface area contributed by atoms with Gasteiger partial charge >= 0.3 is 5.97 Å². The Balaban J connectivity index is 2.21. The van der Waals surface area contributed by atoms with Crippen LogP contribution in [0.4, 0.5) is 0 Å². The zero-order valence-corrected chi connectivity index (χ0v) is 10.3. The Labute approximate surface area is 101 Å². The van der Waals surface area contributed by atoms with E-state index in [9.17, 15) is 9.90 Å². The fourth-order valence-electron chi connectivity index (χ4n) is 2.33. The van der Waals surface area contributed by atoms with Crippen molar-refractivity contribution in [3.63, 3.8) is 0 Å². The standard InChI is InChI=1S/C14H18O3/c1-9-3-4-12(10(2)5-9)13(14(15)16)6-11-7-17-8-11/h3-5,11,13H,6-8H2,1-2H3,(H,15,16). The number of hydrogen-bond acceptors (Lipinski definition) is 2. The van der Waals surface area contributed by atoms with Gasteiger partial charge in [-0.05, 0) is 31.4 Å². The molecule has 17 heavy (non-hydrogen) atoms. The molecule has 1 atom stereocenters. The molecule has 3 heteroatoms. The van der Waals surface area contributed by atoms with Crippen LogP contribution in [0.15, 0.2) is 18.2 Å². The quantitative estimate of drug-likeness (QED) is 0.870. The molecule has 1 aromatic carbocycles. The number of benzene rings is 1. The summed E-state index contributed by atoms with van der Waals surface area (Å²) in [6.07, 6.45) is 0.680. The largest absolute Gasteiger partial charge is 0.481 e. The predicted octanol–water partition coefficient (Wildman–Crippen LogP) is 2.51. The van der Waals surface area contributed by atoms with Gasteiger partial charge in [0.05, 0.1) is 19.1 Å². The zero-order valence-electron chi connectivity index (χ0n) is 10.3. The molecule has 1 aliphatic rings. The molecule has 92 valence electrons. The molecule has 1 heterocycles. The highest BCUT2D eigenvalue weighted by molar-refractivity contribution is 5.76. The van der Waals surface area contributed by atoms with Crippen molar-refractivity contribution in [1.29, 1.82) is 0 Å². The lowest BCUT2D eigenvalue weighted by Crippen LogP contribution is -2.31. The number of aliphatic carboxylic acids is 1. The molecule has 1 N–H and O–H groups in total. The molecule has 0 aromatic heterocycles. The summed E-state index contributed by atoms with van der Waals surface area (Å²) in [5, 5.41) is 9.35. The molecule has 1 saturated heterocycles.